The van der Waals surface area contributed by atoms with E-state index in [0.717, 1.165) is 23.9 Å². The van der Waals surface area contributed by atoms with E-state index >= 15 is 0 Å². The van der Waals surface area contributed by atoms with E-state index in [1.165, 1.54) is 5.56 Å². The first-order chi connectivity index (χ1) is 13.8. The van der Waals surface area contributed by atoms with Crippen LogP contribution in [0.4, 0.5) is 5.69 Å². The van der Waals surface area contributed by atoms with Crippen molar-refractivity contribution in [2.45, 2.75) is 19.4 Å². The third-order valence-corrected chi connectivity index (χ3v) is 5.02. The van der Waals surface area contributed by atoms with Crippen LogP contribution in [0.1, 0.15) is 35.5 Å². The lowest BCUT2D eigenvalue weighted by molar-refractivity contribution is 0.0519. The summed E-state index contributed by atoms with van der Waals surface area (Å²) in [5.74, 6) is -0.171. The van der Waals surface area contributed by atoms with Gasteiger partial charge in [0.05, 0.1) is 23.9 Å². The lowest BCUT2D eigenvalue weighted by Crippen LogP contribution is -2.20. The predicted octanol–water partition coefficient (Wildman–Crippen LogP) is 4.00. The minimum atomic E-state index is -0.467. The van der Waals surface area contributed by atoms with Gasteiger partial charge in [0.15, 0.2) is 5.69 Å². The van der Waals surface area contributed by atoms with Gasteiger partial charge in [0.25, 0.3) is 0 Å². The number of aromatic nitrogens is 2. The van der Waals surface area contributed by atoms with Crippen molar-refractivity contribution >= 4 is 22.6 Å². The molecule has 6 heteroatoms. The van der Waals surface area contributed by atoms with Gasteiger partial charge in [-0.1, -0.05) is 48.5 Å². The maximum Gasteiger partial charge on any atom is 0.361 e. The van der Waals surface area contributed by atoms with E-state index in [4.69, 9.17) is 9.47 Å². The van der Waals surface area contributed by atoms with E-state index in [9.17, 15) is 4.79 Å². The topological polar surface area (TPSA) is 73.3 Å². The van der Waals surface area contributed by atoms with Crippen LogP contribution in [0.15, 0.2) is 54.6 Å². The molecule has 0 aliphatic carbocycles. The zero-order chi connectivity index (χ0) is 19.3. The Balaban J connectivity index is 1.61. The van der Waals surface area contributed by atoms with Crippen LogP contribution in [-0.4, -0.2) is 35.9 Å². The van der Waals surface area contributed by atoms with E-state index in [1.807, 2.05) is 42.5 Å². The largest absolute Gasteiger partial charge is 0.461 e. The standard InChI is InChI=1S/C22H23N3O3/c1-2-27-22(26)20-19(17-10-6-7-11-18(17)24-25-20)23-14-16-12-13-28-21(16)15-8-4-3-5-9-15/h3-11,16,21H,2,12-14H2,1H3,(H,23,24). The molecule has 3 aromatic rings. The van der Waals surface area contributed by atoms with Crippen molar-refractivity contribution in [2.75, 3.05) is 25.1 Å². The second-order valence-corrected chi connectivity index (χ2v) is 6.79. The van der Waals surface area contributed by atoms with Crippen LogP contribution in [0.3, 0.4) is 0 Å². The normalized spacial score (nSPS) is 18.9. The van der Waals surface area contributed by atoms with Crippen LogP contribution in [-0.2, 0) is 9.47 Å². The lowest BCUT2D eigenvalue weighted by atomic mass is 9.95. The van der Waals surface area contributed by atoms with Crippen molar-refractivity contribution in [3.05, 3.63) is 65.9 Å². The Labute approximate surface area is 163 Å². The molecule has 1 fully saturated rings. The molecule has 0 amide bonds. The third kappa shape index (κ3) is 3.68. The molecule has 2 aromatic carbocycles. The summed E-state index contributed by atoms with van der Waals surface area (Å²) in [5.41, 5.74) is 2.80. The lowest BCUT2D eigenvalue weighted by Gasteiger charge is -2.21. The molecule has 28 heavy (non-hydrogen) atoms. The number of anilines is 1. The molecule has 1 saturated heterocycles. The highest BCUT2D eigenvalue weighted by atomic mass is 16.5. The number of hydrogen-bond donors (Lipinski definition) is 1. The number of rotatable bonds is 6. The van der Waals surface area contributed by atoms with Gasteiger partial charge in [0.1, 0.15) is 0 Å². The van der Waals surface area contributed by atoms with Gasteiger partial charge in [-0.3, -0.25) is 0 Å². The SMILES string of the molecule is CCOC(=O)c1nnc2ccccc2c1NCC1CCOC1c1ccccc1. The number of carbonyl (C=O) groups is 1. The van der Waals surface area contributed by atoms with Crippen LogP contribution < -0.4 is 5.32 Å². The van der Waals surface area contributed by atoms with Gasteiger partial charge in [-0.2, -0.15) is 0 Å². The van der Waals surface area contributed by atoms with Crippen LogP contribution in [0.5, 0.6) is 0 Å². The summed E-state index contributed by atoms with van der Waals surface area (Å²) in [7, 11) is 0. The maximum absolute atomic E-state index is 12.4. The van der Waals surface area contributed by atoms with Gasteiger partial charge < -0.3 is 14.8 Å². The highest BCUT2D eigenvalue weighted by Crippen LogP contribution is 2.35. The average molecular weight is 377 g/mol. The molecule has 4 rings (SSSR count). The fourth-order valence-electron chi connectivity index (χ4n) is 3.66. The Kier molecular flexibility index (Phi) is 5.48. The van der Waals surface area contributed by atoms with Gasteiger partial charge in [0, 0.05) is 24.5 Å². The number of ether oxygens (including phenoxy) is 2. The molecular weight excluding hydrogens is 354 g/mol. The van der Waals surface area contributed by atoms with Crippen molar-refractivity contribution in [3.8, 4) is 0 Å². The number of nitrogens with one attached hydrogen (secondary N) is 1. The summed E-state index contributed by atoms with van der Waals surface area (Å²) in [6.07, 6.45) is 0.999. The molecule has 0 saturated carbocycles. The predicted molar refractivity (Wildman–Crippen MR) is 107 cm³/mol. The monoisotopic (exact) mass is 377 g/mol. The minimum absolute atomic E-state index is 0.0424. The molecule has 2 atom stereocenters. The summed E-state index contributed by atoms with van der Waals surface area (Å²) >= 11 is 0. The zero-order valence-electron chi connectivity index (χ0n) is 15.8. The third-order valence-electron chi connectivity index (χ3n) is 5.02. The number of carbonyl (C=O) groups excluding carboxylic acids is 1. The average Bonchev–Trinajstić information content (AvgIpc) is 3.21. The first-order valence-corrected chi connectivity index (χ1v) is 9.61. The van der Waals surface area contributed by atoms with Crippen molar-refractivity contribution in [1.82, 2.24) is 10.2 Å². The van der Waals surface area contributed by atoms with Crippen molar-refractivity contribution in [3.63, 3.8) is 0 Å². The summed E-state index contributed by atoms with van der Waals surface area (Å²) in [4.78, 5) is 12.4. The van der Waals surface area contributed by atoms with E-state index < -0.39 is 5.97 Å². The minimum Gasteiger partial charge on any atom is -0.461 e. The van der Waals surface area contributed by atoms with Crippen molar-refractivity contribution in [2.24, 2.45) is 5.92 Å². The fourth-order valence-corrected chi connectivity index (χ4v) is 3.66. The summed E-state index contributed by atoms with van der Waals surface area (Å²) in [5, 5.41) is 12.6. The molecule has 1 aliphatic rings. The summed E-state index contributed by atoms with van der Waals surface area (Å²) < 4.78 is 11.2. The Morgan fingerprint density at radius 3 is 2.75 bits per heavy atom. The van der Waals surface area contributed by atoms with E-state index in [-0.39, 0.29) is 11.8 Å². The molecule has 1 aromatic heterocycles. The van der Waals surface area contributed by atoms with Gasteiger partial charge >= 0.3 is 5.97 Å². The number of esters is 1. The second-order valence-electron chi connectivity index (χ2n) is 6.79. The van der Waals surface area contributed by atoms with E-state index in [2.05, 4.69) is 27.6 Å². The molecule has 1 N–H and O–H groups in total. The van der Waals surface area contributed by atoms with Crippen LogP contribution in [0.25, 0.3) is 10.9 Å². The number of benzene rings is 2. The highest BCUT2D eigenvalue weighted by molar-refractivity contribution is 6.03. The molecular formula is C22H23N3O3. The zero-order valence-corrected chi connectivity index (χ0v) is 15.8. The number of fused-ring (bicyclic) bond motifs is 1. The first kappa shape index (κ1) is 18.4. The first-order valence-electron chi connectivity index (χ1n) is 9.61. The van der Waals surface area contributed by atoms with Gasteiger partial charge in [-0.15, -0.1) is 10.2 Å². The molecule has 2 heterocycles. The number of nitrogens with zero attached hydrogens (tertiary/aromatic N) is 2. The van der Waals surface area contributed by atoms with Crippen LogP contribution in [0, 0.1) is 5.92 Å². The van der Waals surface area contributed by atoms with Gasteiger partial charge in [0.2, 0.25) is 0 Å². The Hall–Kier alpha value is -2.99. The van der Waals surface area contributed by atoms with Gasteiger partial charge in [-0.25, -0.2) is 4.79 Å². The van der Waals surface area contributed by atoms with E-state index in [1.54, 1.807) is 6.92 Å². The number of hydrogen-bond acceptors (Lipinski definition) is 6. The smallest absolute Gasteiger partial charge is 0.361 e. The van der Waals surface area contributed by atoms with Crippen LogP contribution in [0.2, 0.25) is 0 Å². The molecule has 144 valence electrons. The van der Waals surface area contributed by atoms with Crippen molar-refractivity contribution in [1.29, 1.82) is 0 Å². The molecule has 1 aliphatic heterocycles. The Morgan fingerprint density at radius 2 is 1.93 bits per heavy atom. The molecule has 0 spiro atoms. The maximum atomic E-state index is 12.4. The second kappa shape index (κ2) is 8.35. The summed E-state index contributed by atoms with van der Waals surface area (Å²) in [6, 6.07) is 17.9. The van der Waals surface area contributed by atoms with Crippen LogP contribution >= 0.6 is 0 Å². The molecule has 0 radical (unpaired) electrons. The van der Waals surface area contributed by atoms with Gasteiger partial charge in [-0.05, 0) is 25.0 Å². The molecule has 6 nitrogen and oxygen atoms in total. The summed E-state index contributed by atoms with van der Waals surface area (Å²) in [6.45, 7) is 3.47. The highest BCUT2D eigenvalue weighted by Gasteiger charge is 2.30. The Morgan fingerprint density at radius 1 is 1.14 bits per heavy atom. The fraction of sp³-hybridized carbons (Fsp3) is 0.318. The Bertz CT molecular complexity index is 962. The molecule has 2 unspecified atom stereocenters. The van der Waals surface area contributed by atoms with Crippen molar-refractivity contribution < 1.29 is 14.3 Å². The molecule has 0 bridgehead atoms. The quantitative estimate of drug-likeness (QED) is 0.655. The van der Waals surface area contributed by atoms with E-state index in [0.29, 0.717) is 24.8 Å².